The topological polar surface area (TPSA) is 37.3 Å². The number of aryl methyl sites for hydroxylation is 2. The van der Waals surface area contributed by atoms with Gasteiger partial charge in [-0.1, -0.05) is 56.3 Å². The van der Waals surface area contributed by atoms with Crippen LogP contribution in [0.4, 0.5) is 13.2 Å². The number of halogens is 3. The molecule has 3 aromatic rings. The van der Waals surface area contributed by atoms with Crippen LogP contribution < -0.4 is 0 Å². The Morgan fingerprint density at radius 3 is 2.05 bits per heavy atom. The molecule has 6 heteroatoms. The molecule has 37 heavy (non-hydrogen) atoms. The number of carbonyl (C=O) groups excluding carboxylic acids is 1. The molecule has 0 fully saturated rings. The van der Waals surface area contributed by atoms with E-state index in [2.05, 4.69) is 38.1 Å². The summed E-state index contributed by atoms with van der Waals surface area (Å²) in [7, 11) is 0. The minimum atomic E-state index is -4.34. The van der Waals surface area contributed by atoms with Gasteiger partial charge in [0.2, 0.25) is 0 Å². The van der Waals surface area contributed by atoms with Gasteiger partial charge in [-0.05, 0) is 83.0 Å². The SMILES string of the molecule is CCc1cc(-c2ccccc2)cc(CC)c1C1=C(O)CC(CCSc2ccc(C(F)(F)F)cc2)CC1=O. The van der Waals surface area contributed by atoms with E-state index in [1.807, 2.05) is 18.2 Å². The molecule has 0 radical (unpaired) electrons. The van der Waals surface area contributed by atoms with E-state index in [-0.39, 0.29) is 17.5 Å². The summed E-state index contributed by atoms with van der Waals surface area (Å²) in [5.41, 5.74) is 5.03. The molecule has 3 aromatic carbocycles. The lowest BCUT2D eigenvalue weighted by Gasteiger charge is -2.26. The predicted molar refractivity (Wildman–Crippen MR) is 145 cm³/mol. The first-order valence-electron chi connectivity index (χ1n) is 12.7. The number of carbonyl (C=O) groups is 1. The Balaban J connectivity index is 1.50. The summed E-state index contributed by atoms with van der Waals surface area (Å²) in [6.45, 7) is 4.14. The monoisotopic (exact) mass is 524 g/mol. The zero-order valence-electron chi connectivity index (χ0n) is 21.1. The molecule has 194 valence electrons. The Bertz CT molecular complexity index is 1250. The van der Waals surface area contributed by atoms with E-state index in [4.69, 9.17) is 0 Å². The lowest BCUT2D eigenvalue weighted by atomic mass is 9.79. The van der Waals surface area contributed by atoms with Crippen LogP contribution in [0.2, 0.25) is 0 Å². The fourth-order valence-electron chi connectivity index (χ4n) is 4.99. The first-order valence-corrected chi connectivity index (χ1v) is 13.7. The number of ketones is 1. The highest BCUT2D eigenvalue weighted by atomic mass is 32.2. The third-order valence-electron chi connectivity index (χ3n) is 6.92. The summed E-state index contributed by atoms with van der Waals surface area (Å²) < 4.78 is 38.3. The molecule has 1 aliphatic carbocycles. The van der Waals surface area contributed by atoms with Gasteiger partial charge in [-0.2, -0.15) is 13.2 Å². The summed E-state index contributed by atoms with van der Waals surface area (Å²) >= 11 is 1.47. The number of thioether (sulfide) groups is 1. The highest BCUT2D eigenvalue weighted by Crippen LogP contribution is 2.39. The van der Waals surface area contributed by atoms with Crippen LogP contribution in [0.3, 0.4) is 0 Å². The van der Waals surface area contributed by atoms with E-state index >= 15 is 0 Å². The number of aliphatic hydroxyl groups is 1. The van der Waals surface area contributed by atoms with Gasteiger partial charge in [-0.3, -0.25) is 4.79 Å². The normalized spacial score (nSPS) is 16.4. The smallest absolute Gasteiger partial charge is 0.416 e. The Labute approximate surface area is 220 Å². The molecule has 1 aliphatic rings. The van der Waals surface area contributed by atoms with E-state index in [1.54, 1.807) is 0 Å². The van der Waals surface area contributed by atoms with Crippen molar-refractivity contribution >= 4 is 23.1 Å². The van der Waals surface area contributed by atoms with E-state index < -0.39 is 11.7 Å². The van der Waals surface area contributed by atoms with Gasteiger partial charge in [-0.15, -0.1) is 11.8 Å². The van der Waals surface area contributed by atoms with E-state index in [1.165, 1.54) is 23.9 Å². The first-order chi connectivity index (χ1) is 17.7. The Hall–Kier alpha value is -2.99. The second-order valence-corrected chi connectivity index (χ2v) is 10.6. The Kier molecular flexibility index (Phi) is 8.48. The predicted octanol–water partition coefficient (Wildman–Crippen LogP) is 8.93. The van der Waals surface area contributed by atoms with Crippen molar-refractivity contribution in [2.24, 2.45) is 5.92 Å². The van der Waals surface area contributed by atoms with Crippen LogP contribution in [0.15, 0.2) is 77.4 Å². The molecule has 0 saturated carbocycles. The van der Waals surface area contributed by atoms with Crippen molar-refractivity contribution in [1.29, 1.82) is 0 Å². The minimum absolute atomic E-state index is 0.0111. The molecular formula is C31H31F3O2S. The second-order valence-electron chi connectivity index (χ2n) is 9.42. The molecule has 0 amide bonds. The van der Waals surface area contributed by atoms with Gasteiger partial charge < -0.3 is 5.11 Å². The van der Waals surface area contributed by atoms with Gasteiger partial charge in [0.1, 0.15) is 5.76 Å². The number of hydrogen-bond acceptors (Lipinski definition) is 3. The van der Waals surface area contributed by atoms with E-state index in [0.717, 1.165) is 57.7 Å². The third-order valence-corrected chi connectivity index (χ3v) is 7.97. The van der Waals surface area contributed by atoms with Gasteiger partial charge in [0.05, 0.1) is 11.1 Å². The van der Waals surface area contributed by atoms with Crippen LogP contribution in [0.1, 0.15) is 55.4 Å². The summed E-state index contributed by atoms with van der Waals surface area (Å²) in [5, 5.41) is 11.1. The molecule has 1 unspecified atom stereocenters. The summed E-state index contributed by atoms with van der Waals surface area (Å²) in [5.74, 6) is 0.790. The maximum atomic E-state index is 13.3. The lowest BCUT2D eigenvalue weighted by Crippen LogP contribution is -2.21. The summed E-state index contributed by atoms with van der Waals surface area (Å²) in [6, 6.07) is 19.5. The maximum Gasteiger partial charge on any atom is 0.416 e. The number of aliphatic hydroxyl groups excluding tert-OH is 1. The molecule has 0 spiro atoms. The number of alkyl halides is 3. The summed E-state index contributed by atoms with van der Waals surface area (Å²) in [6.07, 6.45) is -1.35. The molecule has 1 atom stereocenters. The van der Waals surface area contributed by atoms with Crippen LogP contribution in [0.25, 0.3) is 16.7 Å². The molecule has 0 saturated heterocycles. The molecule has 1 N–H and O–H groups in total. The van der Waals surface area contributed by atoms with Gasteiger partial charge in [0.25, 0.3) is 0 Å². The largest absolute Gasteiger partial charge is 0.512 e. The second kappa shape index (κ2) is 11.6. The fraction of sp³-hybridized carbons (Fsp3) is 0.323. The van der Waals surface area contributed by atoms with Crippen molar-refractivity contribution in [3.8, 4) is 11.1 Å². The molecule has 0 aromatic heterocycles. The van der Waals surface area contributed by atoms with Gasteiger partial charge >= 0.3 is 6.18 Å². The zero-order chi connectivity index (χ0) is 26.6. The lowest BCUT2D eigenvalue weighted by molar-refractivity contribution is -0.137. The van der Waals surface area contributed by atoms with Crippen molar-refractivity contribution in [2.45, 2.75) is 57.0 Å². The van der Waals surface area contributed by atoms with Crippen LogP contribution in [0.5, 0.6) is 0 Å². The molecule has 0 heterocycles. The van der Waals surface area contributed by atoms with Gasteiger partial charge in [0, 0.05) is 17.7 Å². The quantitative estimate of drug-likeness (QED) is 0.299. The first kappa shape index (κ1) is 27.1. The van der Waals surface area contributed by atoms with Crippen molar-refractivity contribution in [3.63, 3.8) is 0 Å². The minimum Gasteiger partial charge on any atom is -0.512 e. The standard InChI is InChI=1S/C31H31F3O2S/c1-3-21-18-24(23-8-6-5-7-9-23)19-22(4-2)29(21)30-27(35)16-20(17-28(30)36)14-15-37-26-12-10-25(11-13-26)31(32,33)34/h5-13,18-20,35H,3-4,14-17H2,1-2H3. The van der Waals surface area contributed by atoms with Crippen molar-refractivity contribution in [2.75, 3.05) is 5.75 Å². The van der Waals surface area contributed by atoms with Gasteiger partial charge in [-0.25, -0.2) is 0 Å². The van der Waals surface area contributed by atoms with Crippen molar-refractivity contribution in [3.05, 3.63) is 94.7 Å². The van der Waals surface area contributed by atoms with Crippen molar-refractivity contribution < 1.29 is 23.1 Å². The zero-order valence-corrected chi connectivity index (χ0v) is 21.9. The molecular weight excluding hydrogens is 493 g/mol. The van der Waals surface area contributed by atoms with Crippen molar-refractivity contribution in [1.82, 2.24) is 0 Å². The molecule has 0 bridgehead atoms. The highest BCUT2D eigenvalue weighted by molar-refractivity contribution is 7.99. The summed E-state index contributed by atoms with van der Waals surface area (Å²) in [4.78, 5) is 14.1. The number of benzene rings is 3. The van der Waals surface area contributed by atoms with Gasteiger partial charge in [0.15, 0.2) is 5.78 Å². The number of hydrogen-bond donors (Lipinski definition) is 1. The van der Waals surface area contributed by atoms with Crippen LogP contribution >= 0.6 is 11.8 Å². The van der Waals surface area contributed by atoms with E-state index in [0.29, 0.717) is 30.6 Å². The van der Waals surface area contributed by atoms with E-state index in [9.17, 15) is 23.1 Å². The fourth-order valence-corrected chi connectivity index (χ4v) is 6.00. The molecule has 4 rings (SSSR count). The Morgan fingerprint density at radius 1 is 0.892 bits per heavy atom. The third kappa shape index (κ3) is 6.30. The highest BCUT2D eigenvalue weighted by Gasteiger charge is 2.31. The maximum absolute atomic E-state index is 13.3. The molecule has 2 nitrogen and oxygen atoms in total. The number of rotatable bonds is 8. The average Bonchev–Trinajstić information content (AvgIpc) is 2.88. The Morgan fingerprint density at radius 2 is 1.51 bits per heavy atom. The van der Waals surface area contributed by atoms with Crippen LogP contribution in [-0.4, -0.2) is 16.6 Å². The number of Topliss-reactive ketones (excluding diaryl/α,β-unsaturated/α-hetero) is 1. The van der Waals surface area contributed by atoms with Crippen LogP contribution in [-0.2, 0) is 23.8 Å². The molecule has 0 aliphatic heterocycles. The average molecular weight is 525 g/mol. The number of allylic oxidation sites excluding steroid dienone is 2. The van der Waals surface area contributed by atoms with Crippen LogP contribution in [0, 0.1) is 5.92 Å².